The van der Waals surface area contributed by atoms with Crippen LogP contribution in [-0.2, 0) is 0 Å². The molecular formula is C9H7BrClN3. The topological polar surface area (TPSA) is 54.7 Å². The molecule has 0 radical (unpaired) electrons. The van der Waals surface area contributed by atoms with Gasteiger partial charge in [-0.2, -0.15) is 5.10 Å². The molecule has 2 rings (SSSR count). The van der Waals surface area contributed by atoms with E-state index < -0.39 is 0 Å². The molecule has 0 bridgehead atoms. The minimum atomic E-state index is 0.371. The fourth-order valence-corrected chi connectivity index (χ4v) is 1.79. The SMILES string of the molecule is Nc1c(-c2ccccc2Br)n[nH]c1Cl. The van der Waals surface area contributed by atoms with Crippen molar-refractivity contribution in [3.63, 3.8) is 0 Å². The Hall–Kier alpha value is -1.00. The molecule has 14 heavy (non-hydrogen) atoms. The molecule has 1 aromatic heterocycles. The zero-order valence-electron chi connectivity index (χ0n) is 7.09. The molecular weight excluding hydrogens is 265 g/mol. The Bertz CT molecular complexity index is 467. The van der Waals surface area contributed by atoms with Crippen molar-refractivity contribution in [3.05, 3.63) is 33.9 Å². The van der Waals surface area contributed by atoms with E-state index in [0.29, 0.717) is 16.5 Å². The van der Waals surface area contributed by atoms with E-state index in [-0.39, 0.29) is 0 Å². The molecule has 0 saturated carbocycles. The van der Waals surface area contributed by atoms with Gasteiger partial charge in [0, 0.05) is 10.0 Å². The minimum Gasteiger partial charge on any atom is -0.394 e. The number of aromatic nitrogens is 2. The first-order valence-corrected chi connectivity index (χ1v) is 5.11. The fraction of sp³-hybridized carbons (Fsp3) is 0. The van der Waals surface area contributed by atoms with Crippen LogP contribution in [0.3, 0.4) is 0 Å². The van der Waals surface area contributed by atoms with E-state index in [4.69, 9.17) is 17.3 Å². The Labute approximate surface area is 94.4 Å². The summed E-state index contributed by atoms with van der Waals surface area (Å²) in [4.78, 5) is 0. The summed E-state index contributed by atoms with van der Waals surface area (Å²) >= 11 is 9.20. The van der Waals surface area contributed by atoms with Gasteiger partial charge in [-0.15, -0.1) is 0 Å². The van der Waals surface area contributed by atoms with Gasteiger partial charge in [0.05, 0.1) is 5.69 Å². The Morgan fingerprint density at radius 3 is 2.64 bits per heavy atom. The molecule has 2 aromatic rings. The van der Waals surface area contributed by atoms with Crippen molar-refractivity contribution in [2.75, 3.05) is 5.73 Å². The number of nitrogens with zero attached hydrogens (tertiary/aromatic N) is 1. The predicted molar refractivity (Wildman–Crippen MR) is 61.1 cm³/mol. The van der Waals surface area contributed by atoms with Crippen LogP contribution in [0.4, 0.5) is 5.69 Å². The molecule has 3 N–H and O–H groups in total. The first kappa shape index (κ1) is 9.55. The highest BCUT2D eigenvalue weighted by molar-refractivity contribution is 9.10. The van der Waals surface area contributed by atoms with Crippen LogP contribution < -0.4 is 5.73 Å². The molecule has 0 unspecified atom stereocenters. The van der Waals surface area contributed by atoms with Crippen LogP contribution in [-0.4, -0.2) is 10.2 Å². The lowest BCUT2D eigenvalue weighted by Gasteiger charge is -2.00. The number of nitrogens with one attached hydrogen (secondary N) is 1. The second-order valence-electron chi connectivity index (χ2n) is 2.78. The summed E-state index contributed by atoms with van der Waals surface area (Å²) in [5, 5.41) is 7.04. The number of halogens is 2. The Kier molecular flexibility index (Phi) is 2.48. The third kappa shape index (κ3) is 1.51. The van der Waals surface area contributed by atoms with Crippen LogP contribution in [0.25, 0.3) is 11.3 Å². The zero-order valence-corrected chi connectivity index (χ0v) is 9.43. The summed E-state index contributed by atoms with van der Waals surface area (Å²) in [7, 11) is 0. The van der Waals surface area contributed by atoms with Crippen LogP contribution in [0.2, 0.25) is 5.15 Å². The van der Waals surface area contributed by atoms with Gasteiger partial charge in [-0.05, 0) is 6.07 Å². The molecule has 0 aliphatic carbocycles. The number of hydrogen-bond donors (Lipinski definition) is 2. The molecule has 0 fully saturated rings. The summed E-state index contributed by atoms with van der Waals surface area (Å²) in [6.45, 7) is 0. The number of nitrogens with two attached hydrogens (primary N) is 1. The van der Waals surface area contributed by atoms with Crippen LogP contribution in [0.1, 0.15) is 0 Å². The van der Waals surface area contributed by atoms with E-state index in [9.17, 15) is 0 Å². The van der Waals surface area contributed by atoms with Crippen molar-refractivity contribution in [2.45, 2.75) is 0 Å². The summed E-state index contributed by atoms with van der Waals surface area (Å²) < 4.78 is 0.940. The Morgan fingerprint density at radius 1 is 1.36 bits per heavy atom. The number of benzene rings is 1. The quantitative estimate of drug-likeness (QED) is 0.838. The maximum absolute atomic E-state index is 5.77. The molecule has 1 heterocycles. The monoisotopic (exact) mass is 271 g/mol. The van der Waals surface area contributed by atoms with Crippen LogP contribution in [0.5, 0.6) is 0 Å². The maximum atomic E-state index is 5.77. The van der Waals surface area contributed by atoms with E-state index >= 15 is 0 Å². The number of H-pyrrole nitrogens is 1. The second-order valence-corrected chi connectivity index (χ2v) is 4.01. The van der Waals surface area contributed by atoms with Crippen molar-refractivity contribution in [1.29, 1.82) is 0 Å². The van der Waals surface area contributed by atoms with Crippen molar-refractivity contribution in [1.82, 2.24) is 10.2 Å². The number of nitrogen functional groups attached to an aromatic ring is 1. The third-order valence-electron chi connectivity index (χ3n) is 1.89. The van der Waals surface area contributed by atoms with E-state index in [2.05, 4.69) is 26.1 Å². The van der Waals surface area contributed by atoms with Gasteiger partial charge in [0.25, 0.3) is 0 Å². The largest absolute Gasteiger partial charge is 0.394 e. The lowest BCUT2D eigenvalue weighted by molar-refractivity contribution is 1.09. The third-order valence-corrected chi connectivity index (χ3v) is 2.87. The molecule has 72 valence electrons. The standard InChI is InChI=1S/C9H7BrClN3/c10-6-4-2-1-3-5(6)8-7(12)9(11)14-13-8/h1-4H,12H2,(H,13,14). The number of aromatic amines is 1. The highest BCUT2D eigenvalue weighted by Gasteiger charge is 2.11. The molecule has 0 saturated heterocycles. The van der Waals surface area contributed by atoms with E-state index in [1.807, 2.05) is 24.3 Å². The molecule has 0 spiro atoms. The van der Waals surface area contributed by atoms with Gasteiger partial charge in [0.1, 0.15) is 10.8 Å². The van der Waals surface area contributed by atoms with Crippen molar-refractivity contribution >= 4 is 33.2 Å². The van der Waals surface area contributed by atoms with Gasteiger partial charge in [-0.25, -0.2) is 0 Å². The highest BCUT2D eigenvalue weighted by Crippen LogP contribution is 2.33. The molecule has 1 aromatic carbocycles. The number of hydrogen-bond acceptors (Lipinski definition) is 2. The smallest absolute Gasteiger partial charge is 0.148 e. The molecule has 0 aliphatic heterocycles. The first-order chi connectivity index (χ1) is 6.70. The van der Waals surface area contributed by atoms with E-state index in [0.717, 1.165) is 10.0 Å². The van der Waals surface area contributed by atoms with Crippen molar-refractivity contribution in [3.8, 4) is 11.3 Å². The zero-order chi connectivity index (χ0) is 10.1. The van der Waals surface area contributed by atoms with Gasteiger partial charge in [0.2, 0.25) is 0 Å². The maximum Gasteiger partial charge on any atom is 0.148 e. The highest BCUT2D eigenvalue weighted by atomic mass is 79.9. The van der Waals surface area contributed by atoms with Crippen LogP contribution >= 0.6 is 27.5 Å². The average Bonchev–Trinajstić information content (AvgIpc) is 2.49. The lowest BCUT2D eigenvalue weighted by atomic mass is 10.1. The molecule has 3 nitrogen and oxygen atoms in total. The minimum absolute atomic E-state index is 0.371. The Balaban J connectivity index is 2.60. The van der Waals surface area contributed by atoms with Crippen LogP contribution in [0.15, 0.2) is 28.7 Å². The summed E-state index contributed by atoms with van der Waals surface area (Å²) in [6, 6.07) is 7.70. The molecule has 0 amide bonds. The molecule has 5 heteroatoms. The normalized spacial score (nSPS) is 10.4. The van der Waals surface area contributed by atoms with E-state index in [1.165, 1.54) is 0 Å². The fourth-order valence-electron chi connectivity index (χ4n) is 1.19. The molecule has 0 aliphatic rings. The molecule has 0 atom stereocenters. The van der Waals surface area contributed by atoms with Gasteiger partial charge >= 0.3 is 0 Å². The summed E-state index contributed by atoms with van der Waals surface area (Å²) in [5.74, 6) is 0. The average molecular weight is 273 g/mol. The van der Waals surface area contributed by atoms with Crippen molar-refractivity contribution in [2.24, 2.45) is 0 Å². The van der Waals surface area contributed by atoms with Crippen molar-refractivity contribution < 1.29 is 0 Å². The van der Waals surface area contributed by atoms with Crippen LogP contribution in [0, 0.1) is 0 Å². The second kappa shape index (κ2) is 3.63. The van der Waals surface area contributed by atoms with Gasteiger partial charge in [0.15, 0.2) is 0 Å². The lowest BCUT2D eigenvalue weighted by Crippen LogP contribution is -1.87. The predicted octanol–water partition coefficient (Wildman–Crippen LogP) is 3.07. The van der Waals surface area contributed by atoms with Gasteiger partial charge in [-0.3, -0.25) is 5.10 Å². The number of rotatable bonds is 1. The first-order valence-electron chi connectivity index (χ1n) is 3.94. The summed E-state index contributed by atoms with van der Waals surface area (Å²) in [5.41, 5.74) is 7.82. The van der Waals surface area contributed by atoms with Gasteiger partial charge in [-0.1, -0.05) is 45.7 Å². The Morgan fingerprint density at radius 2 is 2.07 bits per heavy atom. The van der Waals surface area contributed by atoms with E-state index in [1.54, 1.807) is 0 Å². The van der Waals surface area contributed by atoms with Gasteiger partial charge < -0.3 is 5.73 Å². The summed E-state index contributed by atoms with van der Waals surface area (Å²) in [6.07, 6.45) is 0. The number of anilines is 1.